The summed E-state index contributed by atoms with van der Waals surface area (Å²) in [5, 5.41) is 21.5. The van der Waals surface area contributed by atoms with Crippen LogP contribution in [0.5, 0.6) is 0 Å². The number of rotatable bonds is 7. The van der Waals surface area contributed by atoms with Gasteiger partial charge in [0.15, 0.2) is 8.32 Å². The average Bonchev–Trinajstić information content (AvgIpc) is 2.82. The number of nitriles is 2. The van der Waals surface area contributed by atoms with E-state index in [0.29, 0.717) is 22.4 Å². The predicted octanol–water partition coefficient (Wildman–Crippen LogP) is 4.70. The highest BCUT2D eigenvalue weighted by molar-refractivity contribution is 6.74. The van der Waals surface area contributed by atoms with Crippen LogP contribution in [-0.2, 0) is 9.22 Å². The predicted molar refractivity (Wildman–Crippen MR) is 143 cm³/mol. The van der Waals surface area contributed by atoms with E-state index in [4.69, 9.17) is 9.69 Å². The van der Waals surface area contributed by atoms with Gasteiger partial charge in [0.2, 0.25) is 0 Å². The van der Waals surface area contributed by atoms with Crippen LogP contribution in [0, 0.1) is 36.5 Å². The third-order valence-corrected chi connectivity index (χ3v) is 11.4. The minimum atomic E-state index is -2.22. The van der Waals surface area contributed by atoms with E-state index in [9.17, 15) is 14.9 Å². The van der Waals surface area contributed by atoms with E-state index in [2.05, 4.69) is 56.1 Å². The zero-order chi connectivity index (χ0) is 27.3. The number of anilines is 1. The summed E-state index contributed by atoms with van der Waals surface area (Å²) in [5.74, 6) is -0.973. The number of amides is 2. The molecule has 2 aromatic rings. The molecule has 2 rings (SSSR count). The maximum Gasteiger partial charge on any atom is 0.269 e. The standard InChI is InChI=1S/C27H35N5O3Si/c1-17-18(2)23(14-13-22(17)16-29)30-24(19(3)35-36(7,8)27(4,5)6)26(34)32-31-25(33)21-11-9-20(15-28)10-12-21/h9-14,19,24,30H,1-8H3,(H,31,33)(H,32,34)/t19-,24-/m1/s1. The Morgan fingerprint density at radius 3 is 2.08 bits per heavy atom. The van der Waals surface area contributed by atoms with E-state index < -0.39 is 32.3 Å². The first-order valence-electron chi connectivity index (χ1n) is 11.8. The van der Waals surface area contributed by atoms with Gasteiger partial charge in [-0.15, -0.1) is 0 Å². The summed E-state index contributed by atoms with van der Waals surface area (Å²) in [6.45, 7) is 16.2. The Bertz CT molecular complexity index is 1200. The fourth-order valence-corrected chi connectivity index (χ4v) is 4.75. The Balaban J connectivity index is 2.29. The summed E-state index contributed by atoms with van der Waals surface area (Å²) in [7, 11) is -2.22. The Morgan fingerprint density at radius 1 is 0.944 bits per heavy atom. The van der Waals surface area contributed by atoms with Crippen LogP contribution < -0.4 is 16.2 Å². The smallest absolute Gasteiger partial charge is 0.269 e. The second kappa shape index (κ2) is 11.4. The average molecular weight is 506 g/mol. The second-order valence-electron chi connectivity index (χ2n) is 10.4. The molecule has 8 nitrogen and oxygen atoms in total. The second-order valence-corrected chi connectivity index (χ2v) is 15.1. The molecule has 2 amide bonds. The SMILES string of the molecule is Cc1c(C#N)ccc(N[C@@H](C(=O)NNC(=O)c2ccc(C#N)cc2)[C@@H](C)O[Si](C)(C)C(C)(C)C)c1C. The van der Waals surface area contributed by atoms with E-state index in [1.807, 2.05) is 26.8 Å². The van der Waals surface area contributed by atoms with Crippen LogP contribution in [0.2, 0.25) is 18.1 Å². The van der Waals surface area contributed by atoms with Crippen molar-refractivity contribution in [3.05, 3.63) is 64.2 Å². The molecule has 9 heteroatoms. The lowest BCUT2D eigenvalue weighted by atomic mass is 10.0. The van der Waals surface area contributed by atoms with Crippen molar-refractivity contribution < 1.29 is 14.0 Å². The minimum absolute atomic E-state index is 0.0625. The van der Waals surface area contributed by atoms with Gasteiger partial charge in [0, 0.05) is 11.3 Å². The number of hydrazine groups is 1. The Kier molecular flexibility index (Phi) is 9.03. The number of nitrogens with one attached hydrogen (secondary N) is 3. The summed E-state index contributed by atoms with van der Waals surface area (Å²) in [4.78, 5) is 25.9. The molecule has 0 aliphatic heterocycles. The van der Waals surface area contributed by atoms with Gasteiger partial charge in [0.1, 0.15) is 6.04 Å². The van der Waals surface area contributed by atoms with Crippen molar-refractivity contribution in [3.8, 4) is 12.1 Å². The Labute approximate surface area is 214 Å². The van der Waals surface area contributed by atoms with Gasteiger partial charge in [0.05, 0.1) is 29.4 Å². The zero-order valence-corrected chi connectivity index (χ0v) is 23.2. The van der Waals surface area contributed by atoms with Crippen molar-refractivity contribution in [1.29, 1.82) is 10.5 Å². The van der Waals surface area contributed by atoms with Crippen molar-refractivity contribution in [2.45, 2.75) is 71.8 Å². The minimum Gasteiger partial charge on any atom is -0.412 e. The number of carbonyl (C=O) groups is 2. The quantitative estimate of drug-likeness (QED) is 0.370. The maximum atomic E-state index is 13.3. The van der Waals surface area contributed by atoms with Crippen LogP contribution in [0.4, 0.5) is 5.69 Å². The number of hydrogen-bond donors (Lipinski definition) is 3. The fraction of sp³-hybridized carbons (Fsp3) is 0.407. The Morgan fingerprint density at radius 2 is 1.56 bits per heavy atom. The molecular formula is C27H35N5O3Si. The van der Waals surface area contributed by atoms with Gasteiger partial charge < -0.3 is 9.74 Å². The lowest BCUT2D eigenvalue weighted by Crippen LogP contribution is -2.55. The largest absolute Gasteiger partial charge is 0.412 e. The first kappa shape index (κ1) is 28.6. The van der Waals surface area contributed by atoms with Crippen LogP contribution >= 0.6 is 0 Å². The highest BCUT2D eigenvalue weighted by atomic mass is 28.4. The molecule has 0 heterocycles. The lowest BCUT2D eigenvalue weighted by molar-refractivity contribution is -0.124. The molecule has 0 aliphatic rings. The monoisotopic (exact) mass is 505 g/mol. The molecule has 190 valence electrons. The highest BCUT2D eigenvalue weighted by Crippen LogP contribution is 2.38. The van der Waals surface area contributed by atoms with E-state index in [-0.39, 0.29) is 5.04 Å². The van der Waals surface area contributed by atoms with E-state index in [1.165, 1.54) is 24.3 Å². The van der Waals surface area contributed by atoms with Crippen molar-refractivity contribution in [2.24, 2.45) is 0 Å². The zero-order valence-electron chi connectivity index (χ0n) is 22.2. The Hall–Kier alpha value is -3.66. The van der Waals surface area contributed by atoms with Gasteiger partial charge in [-0.25, -0.2) is 0 Å². The van der Waals surface area contributed by atoms with Crippen LogP contribution in [0.1, 0.15) is 60.3 Å². The van der Waals surface area contributed by atoms with E-state index >= 15 is 0 Å². The van der Waals surface area contributed by atoms with E-state index in [0.717, 1.165) is 11.1 Å². The first-order chi connectivity index (χ1) is 16.7. The summed E-state index contributed by atoms with van der Waals surface area (Å²) in [5.41, 5.74) is 8.65. The van der Waals surface area contributed by atoms with Gasteiger partial charge in [-0.3, -0.25) is 20.4 Å². The molecule has 0 saturated heterocycles. The molecule has 2 aromatic carbocycles. The van der Waals surface area contributed by atoms with Crippen molar-refractivity contribution in [1.82, 2.24) is 10.9 Å². The van der Waals surface area contributed by atoms with Crippen LogP contribution in [0.25, 0.3) is 0 Å². The normalized spacial score (nSPS) is 13.1. The van der Waals surface area contributed by atoms with Crippen molar-refractivity contribution >= 4 is 25.8 Å². The van der Waals surface area contributed by atoms with Crippen LogP contribution in [0.3, 0.4) is 0 Å². The van der Waals surface area contributed by atoms with Gasteiger partial charge in [-0.05, 0) is 86.4 Å². The summed E-state index contributed by atoms with van der Waals surface area (Å²) < 4.78 is 6.51. The molecule has 0 aliphatic carbocycles. The highest BCUT2D eigenvalue weighted by Gasteiger charge is 2.41. The number of carbonyl (C=O) groups excluding carboxylic acids is 2. The molecule has 2 atom stereocenters. The molecular weight excluding hydrogens is 470 g/mol. The lowest BCUT2D eigenvalue weighted by Gasteiger charge is -2.40. The number of nitrogens with zero attached hydrogens (tertiary/aromatic N) is 2. The first-order valence-corrected chi connectivity index (χ1v) is 14.7. The van der Waals surface area contributed by atoms with Gasteiger partial charge in [-0.1, -0.05) is 20.8 Å². The summed E-state index contributed by atoms with van der Waals surface area (Å²) >= 11 is 0. The van der Waals surface area contributed by atoms with Crippen molar-refractivity contribution in [3.63, 3.8) is 0 Å². The van der Waals surface area contributed by atoms with Gasteiger partial charge in [-0.2, -0.15) is 10.5 Å². The van der Waals surface area contributed by atoms with Crippen LogP contribution in [0.15, 0.2) is 36.4 Å². The molecule has 0 aromatic heterocycles. The molecule has 36 heavy (non-hydrogen) atoms. The molecule has 0 bridgehead atoms. The summed E-state index contributed by atoms with van der Waals surface area (Å²) in [6.07, 6.45) is -0.520. The molecule has 0 unspecified atom stereocenters. The third kappa shape index (κ3) is 6.72. The molecule has 0 fully saturated rings. The van der Waals surface area contributed by atoms with Gasteiger partial charge in [0.25, 0.3) is 11.8 Å². The number of hydrogen-bond acceptors (Lipinski definition) is 6. The van der Waals surface area contributed by atoms with E-state index in [1.54, 1.807) is 12.1 Å². The number of benzene rings is 2. The molecule has 0 spiro atoms. The molecule has 3 N–H and O–H groups in total. The fourth-order valence-electron chi connectivity index (χ4n) is 3.34. The maximum absolute atomic E-state index is 13.3. The van der Waals surface area contributed by atoms with Crippen molar-refractivity contribution in [2.75, 3.05) is 5.32 Å². The summed E-state index contributed by atoms with van der Waals surface area (Å²) in [6, 6.07) is 12.9. The third-order valence-electron chi connectivity index (χ3n) is 6.83. The molecule has 0 radical (unpaired) electrons. The topological polar surface area (TPSA) is 127 Å². The van der Waals surface area contributed by atoms with Crippen LogP contribution in [-0.4, -0.2) is 32.3 Å². The van der Waals surface area contributed by atoms with Gasteiger partial charge >= 0.3 is 0 Å². The molecule has 0 saturated carbocycles.